The summed E-state index contributed by atoms with van der Waals surface area (Å²) in [6.45, 7) is 0.577. The molecule has 0 N–H and O–H groups in total. The number of hydrogen-bond donors (Lipinski definition) is 0. The average Bonchev–Trinajstić information content (AvgIpc) is 2.75. The minimum Gasteiger partial charge on any atom is -0.485 e. The van der Waals surface area contributed by atoms with Crippen LogP contribution in [0.25, 0.3) is 10.8 Å². The molecule has 2 aliphatic rings. The van der Waals surface area contributed by atoms with E-state index in [-0.39, 0.29) is 31.0 Å². The number of hydrogen-bond acceptors (Lipinski definition) is 4. The maximum atomic E-state index is 13.1. The van der Waals surface area contributed by atoms with Crippen molar-refractivity contribution in [3.05, 3.63) is 77.6 Å². The fourth-order valence-electron chi connectivity index (χ4n) is 4.55. The Bertz CT molecular complexity index is 1260. The Balaban J connectivity index is 1.36. The van der Waals surface area contributed by atoms with Crippen LogP contribution >= 0.6 is 0 Å². The molecule has 1 fully saturated rings. The Morgan fingerprint density at radius 2 is 1.68 bits per heavy atom. The molecule has 3 aromatic rings. The van der Waals surface area contributed by atoms with Crippen molar-refractivity contribution < 1.29 is 22.3 Å². The number of piperidine rings is 1. The van der Waals surface area contributed by atoms with Crippen LogP contribution in [0.5, 0.6) is 5.75 Å². The van der Waals surface area contributed by atoms with Gasteiger partial charge in [-0.25, -0.2) is 17.1 Å². The molecule has 7 heteroatoms. The lowest BCUT2D eigenvalue weighted by Gasteiger charge is -2.43. The van der Waals surface area contributed by atoms with Crippen molar-refractivity contribution in [3.8, 4) is 5.75 Å². The van der Waals surface area contributed by atoms with Gasteiger partial charge in [0.05, 0.1) is 17.7 Å². The zero-order chi connectivity index (χ0) is 21.6. The zero-order valence-corrected chi connectivity index (χ0v) is 17.7. The fourth-order valence-corrected chi connectivity index (χ4v) is 6.08. The number of Topliss-reactive ketones (excluding diaryl/α,β-unsaturated/α-hetero) is 1. The first kappa shape index (κ1) is 20.2. The molecule has 0 aromatic heterocycles. The first-order chi connectivity index (χ1) is 14.9. The molecule has 5 nitrogen and oxygen atoms in total. The third-order valence-corrected chi connectivity index (χ3v) is 8.12. The molecule has 160 valence electrons. The van der Waals surface area contributed by atoms with Gasteiger partial charge in [-0.2, -0.15) is 0 Å². The summed E-state index contributed by atoms with van der Waals surface area (Å²) in [6, 6.07) is 17.0. The topological polar surface area (TPSA) is 63.7 Å². The van der Waals surface area contributed by atoms with Gasteiger partial charge in [-0.05, 0) is 29.1 Å². The molecule has 0 radical (unpaired) electrons. The lowest BCUT2D eigenvalue weighted by molar-refractivity contribution is 0.00713. The molecule has 0 saturated carbocycles. The first-order valence-electron chi connectivity index (χ1n) is 10.3. The predicted octanol–water partition coefficient (Wildman–Crippen LogP) is 4.31. The van der Waals surface area contributed by atoms with E-state index in [1.54, 1.807) is 0 Å². The molecule has 1 spiro atoms. The van der Waals surface area contributed by atoms with Gasteiger partial charge in [0.25, 0.3) is 0 Å². The second kappa shape index (κ2) is 7.43. The molecule has 0 aliphatic carbocycles. The van der Waals surface area contributed by atoms with Crippen LogP contribution in [0.4, 0.5) is 4.39 Å². The Morgan fingerprint density at radius 3 is 2.42 bits per heavy atom. The number of carbonyl (C=O) groups is 1. The molecule has 31 heavy (non-hydrogen) atoms. The largest absolute Gasteiger partial charge is 0.485 e. The highest BCUT2D eigenvalue weighted by molar-refractivity contribution is 7.88. The van der Waals surface area contributed by atoms with E-state index >= 15 is 0 Å². The van der Waals surface area contributed by atoms with E-state index in [2.05, 4.69) is 0 Å². The molecule has 3 aromatic carbocycles. The van der Waals surface area contributed by atoms with Crippen molar-refractivity contribution in [2.24, 2.45) is 0 Å². The third-order valence-electron chi connectivity index (χ3n) is 6.27. The van der Waals surface area contributed by atoms with Gasteiger partial charge >= 0.3 is 0 Å². The van der Waals surface area contributed by atoms with Gasteiger partial charge in [-0.15, -0.1) is 0 Å². The van der Waals surface area contributed by atoms with Crippen LogP contribution in [-0.2, 0) is 15.8 Å². The van der Waals surface area contributed by atoms with Crippen LogP contribution in [0.1, 0.15) is 35.2 Å². The first-order valence-corrected chi connectivity index (χ1v) is 11.9. The molecule has 0 bridgehead atoms. The summed E-state index contributed by atoms with van der Waals surface area (Å²) in [5.41, 5.74) is 0.456. The van der Waals surface area contributed by atoms with Crippen LogP contribution in [-0.4, -0.2) is 37.2 Å². The van der Waals surface area contributed by atoms with Crippen molar-refractivity contribution in [2.75, 3.05) is 13.1 Å². The summed E-state index contributed by atoms with van der Waals surface area (Å²) in [4.78, 5) is 12.9. The summed E-state index contributed by atoms with van der Waals surface area (Å²) in [5, 5.41) is 1.91. The van der Waals surface area contributed by atoms with Crippen molar-refractivity contribution >= 4 is 26.6 Å². The van der Waals surface area contributed by atoms with E-state index in [9.17, 15) is 17.6 Å². The van der Waals surface area contributed by atoms with E-state index in [0.29, 0.717) is 29.7 Å². The minimum absolute atomic E-state index is 0.0367. The van der Waals surface area contributed by atoms with Gasteiger partial charge in [0.1, 0.15) is 17.2 Å². The number of benzene rings is 3. The summed E-state index contributed by atoms with van der Waals surface area (Å²) in [7, 11) is -3.54. The molecule has 1 saturated heterocycles. The smallest absolute Gasteiger partial charge is 0.218 e. The van der Waals surface area contributed by atoms with E-state index in [1.165, 1.54) is 28.6 Å². The number of fused-ring (bicyclic) bond motifs is 3. The summed E-state index contributed by atoms with van der Waals surface area (Å²) in [6.07, 6.45) is 1.15. The van der Waals surface area contributed by atoms with Crippen LogP contribution in [0.2, 0.25) is 0 Å². The Morgan fingerprint density at radius 1 is 0.968 bits per heavy atom. The van der Waals surface area contributed by atoms with Gasteiger partial charge < -0.3 is 4.74 Å². The Labute approximate surface area is 180 Å². The van der Waals surface area contributed by atoms with Crippen molar-refractivity contribution in [1.82, 2.24) is 4.31 Å². The number of halogens is 1. The zero-order valence-electron chi connectivity index (χ0n) is 16.9. The van der Waals surface area contributed by atoms with Crippen molar-refractivity contribution in [3.63, 3.8) is 0 Å². The molecular weight excluding hydrogens is 417 g/mol. The summed E-state index contributed by atoms with van der Waals surface area (Å²) < 4.78 is 46.8. The molecular formula is C24H22FNO4S. The standard InChI is InChI=1S/C24H22FNO4S/c25-19-8-5-17(6-9-19)16-31(28,29)26-13-11-24(12-14-26)15-22(27)21-10-7-18-3-1-2-4-20(18)23(21)30-24/h1-10H,11-16H2. The minimum atomic E-state index is -3.54. The normalized spacial score (nSPS) is 18.7. The highest BCUT2D eigenvalue weighted by atomic mass is 32.2. The number of carbonyl (C=O) groups excluding carboxylic acids is 1. The van der Waals surface area contributed by atoms with Gasteiger partial charge in [0.2, 0.25) is 10.0 Å². The average molecular weight is 440 g/mol. The van der Waals surface area contributed by atoms with Crippen molar-refractivity contribution in [2.45, 2.75) is 30.6 Å². The number of rotatable bonds is 3. The molecule has 0 atom stereocenters. The Hall–Kier alpha value is -2.77. The highest BCUT2D eigenvalue weighted by Gasteiger charge is 2.45. The number of ketones is 1. The second-order valence-corrected chi connectivity index (χ2v) is 10.3. The molecule has 0 unspecified atom stereocenters. The molecule has 5 rings (SSSR count). The third kappa shape index (κ3) is 3.72. The van der Waals surface area contributed by atoms with Crippen LogP contribution in [0.3, 0.4) is 0 Å². The fraction of sp³-hybridized carbons (Fsp3) is 0.292. The van der Waals surface area contributed by atoms with Crippen LogP contribution < -0.4 is 4.74 Å². The maximum Gasteiger partial charge on any atom is 0.218 e. The predicted molar refractivity (Wildman–Crippen MR) is 116 cm³/mol. The quantitative estimate of drug-likeness (QED) is 0.610. The maximum absolute atomic E-state index is 13.1. The number of sulfonamides is 1. The van der Waals surface area contributed by atoms with Crippen LogP contribution in [0.15, 0.2) is 60.7 Å². The van der Waals surface area contributed by atoms with E-state index in [0.717, 1.165) is 10.8 Å². The van der Waals surface area contributed by atoms with E-state index in [4.69, 9.17) is 4.74 Å². The monoisotopic (exact) mass is 439 g/mol. The summed E-state index contributed by atoms with van der Waals surface area (Å²) in [5.74, 6) is 0.0765. The van der Waals surface area contributed by atoms with E-state index in [1.807, 2.05) is 36.4 Å². The number of nitrogens with zero attached hydrogens (tertiary/aromatic N) is 1. The molecule has 0 amide bonds. The SMILES string of the molecule is O=C1CC2(CCN(S(=O)(=O)Cc3ccc(F)cc3)CC2)Oc2c1ccc1ccccc21. The van der Waals surface area contributed by atoms with Gasteiger partial charge in [0.15, 0.2) is 5.78 Å². The lowest BCUT2D eigenvalue weighted by Crippen LogP contribution is -2.52. The van der Waals surface area contributed by atoms with Gasteiger partial charge in [0, 0.05) is 31.3 Å². The van der Waals surface area contributed by atoms with E-state index < -0.39 is 21.4 Å². The summed E-state index contributed by atoms with van der Waals surface area (Å²) >= 11 is 0. The van der Waals surface area contributed by atoms with Crippen LogP contribution in [0, 0.1) is 5.82 Å². The molecule has 2 heterocycles. The molecule has 2 aliphatic heterocycles. The highest BCUT2D eigenvalue weighted by Crippen LogP contribution is 2.43. The lowest BCUT2D eigenvalue weighted by atomic mass is 9.82. The van der Waals surface area contributed by atoms with Gasteiger partial charge in [-0.3, -0.25) is 4.79 Å². The Kier molecular flexibility index (Phi) is 4.83. The van der Waals surface area contributed by atoms with Gasteiger partial charge in [-0.1, -0.05) is 42.5 Å². The van der Waals surface area contributed by atoms with Crippen molar-refractivity contribution in [1.29, 1.82) is 0 Å². The number of ether oxygens (including phenoxy) is 1. The second-order valence-electron chi connectivity index (χ2n) is 8.33.